The molecule has 1 heterocycles. The number of aromatic nitrogens is 3. The van der Waals surface area contributed by atoms with Crippen LogP contribution in [-0.2, 0) is 0 Å². The summed E-state index contributed by atoms with van der Waals surface area (Å²) >= 11 is 0. The van der Waals surface area contributed by atoms with Gasteiger partial charge in [-0.15, -0.1) is 0 Å². The number of anilines is 1. The summed E-state index contributed by atoms with van der Waals surface area (Å²) in [6, 6.07) is 5.46. The molecule has 0 spiro atoms. The highest BCUT2D eigenvalue weighted by Crippen LogP contribution is 2.28. The van der Waals surface area contributed by atoms with E-state index in [0.717, 1.165) is 5.56 Å². The van der Waals surface area contributed by atoms with Gasteiger partial charge in [0.1, 0.15) is 5.69 Å². The number of ether oxygens (including phenoxy) is 2. The molecule has 1 aromatic heterocycles. The van der Waals surface area contributed by atoms with Gasteiger partial charge in [0, 0.05) is 0 Å². The van der Waals surface area contributed by atoms with Crippen LogP contribution < -0.4 is 20.6 Å². The maximum atomic E-state index is 11.1. The first-order valence-electron chi connectivity index (χ1n) is 7.06. The molecule has 0 atom stereocenters. The minimum Gasteiger partial charge on any atom is -0.493 e. The van der Waals surface area contributed by atoms with E-state index in [0.29, 0.717) is 23.0 Å². The van der Waals surface area contributed by atoms with Crippen molar-refractivity contribution in [2.75, 3.05) is 12.5 Å². The average molecular weight is 317 g/mol. The van der Waals surface area contributed by atoms with Gasteiger partial charge >= 0.3 is 5.69 Å². The number of rotatable bonds is 6. The molecule has 0 amide bonds. The zero-order chi connectivity index (χ0) is 16.8. The lowest BCUT2D eigenvalue weighted by Gasteiger charge is -2.13. The van der Waals surface area contributed by atoms with Crippen molar-refractivity contribution in [3.63, 3.8) is 0 Å². The van der Waals surface area contributed by atoms with Gasteiger partial charge in [0.25, 0.3) is 0 Å². The topological polar surface area (TPSA) is 101 Å². The zero-order valence-corrected chi connectivity index (χ0v) is 13.5. The smallest absolute Gasteiger partial charge is 0.363 e. The maximum absolute atomic E-state index is 11.1. The Morgan fingerprint density at radius 3 is 2.83 bits per heavy atom. The van der Waals surface area contributed by atoms with E-state index < -0.39 is 5.69 Å². The molecule has 0 saturated heterocycles. The molecule has 0 aliphatic carbocycles. The molecular formula is C15H19N5O3. The van der Waals surface area contributed by atoms with E-state index in [1.54, 1.807) is 26.3 Å². The van der Waals surface area contributed by atoms with Gasteiger partial charge in [-0.3, -0.25) is 5.43 Å². The van der Waals surface area contributed by atoms with Gasteiger partial charge in [0.05, 0.1) is 19.4 Å². The molecule has 2 rings (SSSR count). The molecule has 0 saturated carbocycles. The van der Waals surface area contributed by atoms with Crippen LogP contribution in [0, 0.1) is 6.92 Å². The molecule has 0 bridgehead atoms. The maximum Gasteiger partial charge on any atom is 0.363 e. The number of hydrogen-bond acceptors (Lipinski definition) is 7. The summed E-state index contributed by atoms with van der Waals surface area (Å²) in [7, 11) is 1.59. The highest BCUT2D eigenvalue weighted by molar-refractivity contribution is 5.81. The van der Waals surface area contributed by atoms with Crippen molar-refractivity contribution >= 4 is 12.0 Å². The molecule has 0 radical (unpaired) electrons. The Labute approximate surface area is 133 Å². The van der Waals surface area contributed by atoms with Crippen LogP contribution in [0.5, 0.6) is 11.5 Å². The molecule has 8 nitrogen and oxygen atoms in total. The number of aromatic amines is 1. The summed E-state index contributed by atoms with van der Waals surface area (Å²) in [4.78, 5) is 14.9. The Balaban J connectivity index is 2.16. The first kappa shape index (κ1) is 16.5. The fourth-order valence-electron chi connectivity index (χ4n) is 1.79. The van der Waals surface area contributed by atoms with Crippen LogP contribution in [0.3, 0.4) is 0 Å². The van der Waals surface area contributed by atoms with Gasteiger partial charge in [-0.25, -0.2) is 9.89 Å². The minimum atomic E-state index is -0.537. The minimum absolute atomic E-state index is 0.0307. The Hall–Kier alpha value is -2.90. The number of H-pyrrole nitrogens is 1. The summed E-state index contributed by atoms with van der Waals surface area (Å²) in [5.41, 5.74) is 3.51. The highest BCUT2D eigenvalue weighted by Gasteiger charge is 2.07. The lowest BCUT2D eigenvalue weighted by Crippen LogP contribution is -2.15. The van der Waals surface area contributed by atoms with Crippen LogP contribution in [0.15, 0.2) is 28.1 Å². The molecule has 2 N–H and O–H groups in total. The molecule has 0 unspecified atom stereocenters. The quantitative estimate of drug-likeness (QED) is 0.621. The predicted octanol–water partition coefficient (Wildman–Crippen LogP) is 1.72. The van der Waals surface area contributed by atoms with Gasteiger partial charge in [0.2, 0.25) is 0 Å². The van der Waals surface area contributed by atoms with Gasteiger partial charge in [0.15, 0.2) is 17.3 Å². The largest absolute Gasteiger partial charge is 0.493 e. The second-order valence-corrected chi connectivity index (χ2v) is 5.02. The van der Waals surface area contributed by atoms with Crippen molar-refractivity contribution in [2.24, 2.45) is 5.10 Å². The summed E-state index contributed by atoms with van der Waals surface area (Å²) in [6.45, 7) is 5.59. The fraction of sp³-hybridized carbons (Fsp3) is 0.333. The van der Waals surface area contributed by atoms with Crippen molar-refractivity contribution in [2.45, 2.75) is 26.9 Å². The summed E-state index contributed by atoms with van der Waals surface area (Å²) < 4.78 is 11.0. The lowest BCUT2D eigenvalue weighted by atomic mass is 10.2. The average Bonchev–Trinajstić information content (AvgIpc) is 2.50. The van der Waals surface area contributed by atoms with E-state index in [1.165, 1.54) is 0 Å². The first-order valence-corrected chi connectivity index (χ1v) is 7.06. The third-order valence-electron chi connectivity index (χ3n) is 2.81. The lowest BCUT2D eigenvalue weighted by molar-refractivity contribution is 0.230. The Kier molecular flexibility index (Phi) is 5.29. The molecule has 122 valence electrons. The van der Waals surface area contributed by atoms with E-state index >= 15 is 0 Å². The number of nitrogens with one attached hydrogen (secondary N) is 2. The van der Waals surface area contributed by atoms with Crippen LogP contribution in [0.25, 0.3) is 0 Å². The number of aryl methyl sites for hydroxylation is 1. The standard InChI is InChI=1S/C15H19N5O3/c1-9(2)23-13-7-11(5-6-12(13)22-4)8-16-19-14-10(3)18-20-15(21)17-14/h5-9H,1-4H3,(H2,17,19,20,21)/b16-8+. The third-order valence-corrected chi connectivity index (χ3v) is 2.81. The molecule has 1 aromatic carbocycles. The predicted molar refractivity (Wildman–Crippen MR) is 87.4 cm³/mol. The van der Waals surface area contributed by atoms with Gasteiger partial charge in [-0.2, -0.15) is 15.2 Å². The molecule has 0 aliphatic heterocycles. The second-order valence-electron chi connectivity index (χ2n) is 5.02. The van der Waals surface area contributed by atoms with Crippen molar-refractivity contribution in [1.82, 2.24) is 15.2 Å². The Morgan fingerprint density at radius 1 is 1.35 bits per heavy atom. The summed E-state index contributed by atoms with van der Waals surface area (Å²) in [5.74, 6) is 1.59. The number of benzene rings is 1. The number of nitrogens with zero attached hydrogens (tertiary/aromatic N) is 3. The SMILES string of the molecule is COc1ccc(/C=N/Nc2nc(=O)[nH]nc2C)cc1OC(C)C. The molecule has 0 aliphatic rings. The number of hydrazone groups is 1. The highest BCUT2D eigenvalue weighted by atomic mass is 16.5. The van der Waals surface area contributed by atoms with Crippen LogP contribution in [0.4, 0.5) is 5.82 Å². The number of hydrogen-bond donors (Lipinski definition) is 2. The van der Waals surface area contributed by atoms with Crippen molar-refractivity contribution in [3.05, 3.63) is 39.9 Å². The first-order chi connectivity index (χ1) is 11.0. The second kappa shape index (κ2) is 7.39. The Morgan fingerprint density at radius 2 is 2.13 bits per heavy atom. The van der Waals surface area contributed by atoms with Crippen LogP contribution in [-0.4, -0.2) is 34.6 Å². The number of methoxy groups -OCH3 is 1. The van der Waals surface area contributed by atoms with Crippen molar-refractivity contribution < 1.29 is 9.47 Å². The summed E-state index contributed by atoms with van der Waals surface area (Å²) in [6.07, 6.45) is 1.62. The van der Waals surface area contributed by atoms with Crippen LogP contribution in [0.2, 0.25) is 0 Å². The molecule has 0 fully saturated rings. The van der Waals surface area contributed by atoms with Crippen molar-refractivity contribution in [1.29, 1.82) is 0 Å². The molecule has 23 heavy (non-hydrogen) atoms. The van der Waals surface area contributed by atoms with Gasteiger partial charge in [-0.1, -0.05) is 0 Å². The van der Waals surface area contributed by atoms with Gasteiger partial charge in [-0.05, 0) is 44.5 Å². The normalized spacial score (nSPS) is 11.0. The Bertz CT molecular complexity index is 755. The molecular weight excluding hydrogens is 298 g/mol. The zero-order valence-electron chi connectivity index (χ0n) is 13.5. The van der Waals surface area contributed by atoms with Crippen LogP contribution in [0.1, 0.15) is 25.1 Å². The molecule has 8 heteroatoms. The van der Waals surface area contributed by atoms with Gasteiger partial charge < -0.3 is 9.47 Å². The van der Waals surface area contributed by atoms with E-state index in [4.69, 9.17) is 9.47 Å². The van der Waals surface area contributed by atoms with E-state index in [9.17, 15) is 4.79 Å². The monoisotopic (exact) mass is 317 g/mol. The fourth-order valence-corrected chi connectivity index (χ4v) is 1.79. The summed E-state index contributed by atoms with van der Waals surface area (Å²) in [5, 5.41) is 10.1. The van der Waals surface area contributed by atoms with E-state index in [2.05, 4.69) is 25.7 Å². The third kappa shape index (κ3) is 4.53. The van der Waals surface area contributed by atoms with E-state index in [-0.39, 0.29) is 6.10 Å². The van der Waals surface area contributed by atoms with Crippen molar-refractivity contribution in [3.8, 4) is 11.5 Å². The molecule has 2 aromatic rings. The van der Waals surface area contributed by atoms with E-state index in [1.807, 2.05) is 26.0 Å². The van der Waals surface area contributed by atoms with Crippen LogP contribution >= 0.6 is 0 Å².